The van der Waals surface area contributed by atoms with Crippen molar-refractivity contribution in [2.24, 2.45) is 0 Å². The highest BCUT2D eigenvalue weighted by molar-refractivity contribution is 7.90. The number of hydrogen-bond acceptors (Lipinski definition) is 4. The van der Waals surface area contributed by atoms with Gasteiger partial charge in [-0.3, -0.25) is 4.90 Å². The minimum atomic E-state index is -2.93. The fraction of sp³-hybridized carbons (Fsp3) is 0.462. The molecule has 4 nitrogen and oxygen atoms in total. The van der Waals surface area contributed by atoms with Gasteiger partial charge < -0.3 is 0 Å². The van der Waals surface area contributed by atoms with Crippen LogP contribution >= 0.6 is 0 Å². The van der Waals surface area contributed by atoms with Crippen molar-refractivity contribution >= 4 is 9.84 Å². The Balaban J connectivity index is 2.68. The van der Waals surface area contributed by atoms with Gasteiger partial charge in [0.05, 0.1) is 17.4 Å². The summed E-state index contributed by atoms with van der Waals surface area (Å²) < 4.78 is 22.2. The highest BCUT2D eigenvalue weighted by Gasteiger charge is 2.13. The van der Waals surface area contributed by atoms with Crippen LogP contribution < -0.4 is 0 Å². The van der Waals surface area contributed by atoms with Gasteiger partial charge in [0.25, 0.3) is 0 Å². The lowest BCUT2D eigenvalue weighted by molar-refractivity contribution is 0.277. The highest BCUT2D eigenvalue weighted by atomic mass is 32.2. The minimum absolute atomic E-state index is 0.125. The molecule has 0 saturated heterocycles. The van der Waals surface area contributed by atoms with Gasteiger partial charge in [0, 0.05) is 18.8 Å². The van der Waals surface area contributed by atoms with Crippen LogP contribution in [0.1, 0.15) is 24.1 Å². The molecule has 18 heavy (non-hydrogen) atoms. The molecule has 1 atom stereocenters. The van der Waals surface area contributed by atoms with Gasteiger partial charge in [-0.15, -0.1) is 0 Å². The largest absolute Gasteiger partial charge is 0.299 e. The van der Waals surface area contributed by atoms with Gasteiger partial charge in [0.1, 0.15) is 9.84 Å². The van der Waals surface area contributed by atoms with E-state index in [-0.39, 0.29) is 11.8 Å². The zero-order valence-corrected chi connectivity index (χ0v) is 11.7. The van der Waals surface area contributed by atoms with E-state index in [9.17, 15) is 8.42 Å². The average Bonchev–Trinajstić information content (AvgIpc) is 2.34. The summed E-state index contributed by atoms with van der Waals surface area (Å²) in [4.78, 5) is 1.99. The molecule has 0 spiro atoms. The zero-order chi connectivity index (χ0) is 13.8. The van der Waals surface area contributed by atoms with Crippen molar-refractivity contribution in [3.8, 4) is 6.07 Å². The van der Waals surface area contributed by atoms with E-state index in [1.165, 1.54) is 6.26 Å². The molecule has 1 unspecified atom stereocenters. The topological polar surface area (TPSA) is 61.2 Å². The zero-order valence-electron chi connectivity index (χ0n) is 10.9. The maximum atomic E-state index is 11.1. The Morgan fingerprint density at radius 1 is 1.33 bits per heavy atom. The molecule has 0 radical (unpaired) electrons. The van der Waals surface area contributed by atoms with Crippen molar-refractivity contribution in [2.45, 2.75) is 13.0 Å². The van der Waals surface area contributed by atoms with Crippen molar-refractivity contribution in [1.82, 2.24) is 4.90 Å². The fourth-order valence-electron chi connectivity index (χ4n) is 1.59. The summed E-state index contributed by atoms with van der Waals surface area (Å²) in [7, 11) is -1.03. The first-order valence-corrected chi connectivity index (χ1v) is 7.77. The first-order chi connectivity index (χ1) is 8.33. The van der Waals surface area contributed by atoms with E-state index >= 15 is 0 Å². The molecule has 0 amide bonds. The minimum Gasteiger partial charge on any atom is -0.299 e. The fourth-order valence-corrected chi connectivity index (χ4v) is 2.21. The number of benzene rings is 1. The number of hydrogen-bond donors (Lipinski definition) is 0. The van der Waals surface area contributed by atoms with Crippen molar-refractivity contribution in [1.29, 1.82) is 5.26 Å². The third-order valence-electron chi connectivity index (χ3n) is 3.00. The van der Waals surface area contributed by atoms with E-state index in [0.717, 1.165) is 5.56 Å². The summed E-state index contributed by atoms with van der Waals surface area (Å²) >= 11 is 0. The lowest BCUT2D eigenvalue weighted by atomic mass is 10.1. The average molecular weight is 266 g/mol. The molecule has 1 aromatic rings. The Hall–Kier alpha value is -1.38. The van der Waals surface area contributed by atoms with Crippen LogP contribution in [0.2, 0.25) is 0 Å². The molecule has 0 aliphatic heterocycles. The molecular formula is C13H18N2O2S. The first kappa shape index (κ1) is 14.7. The standard InChI is InChI=1S/C13H18N2O2S/c1-11(15(2)8-9-18(3,16)17)13-6-4-12(10-14)5-7-13/h4-7,11H,8-9H2,1-3H3. The molecule has 1 rings (SSSR count). The van der Waals surface area contributed by atoms with Crippen LogP contribution in [0.3, 0.4) is 0 Å². The van der Waals surface area contributed by atoms with Crippen LogP contribution in [-0.2, 0) is 9.84 Å². The molecule has 0 aliphatic carbocycles. The molecule has 1 aromatic carbocycles. The Bertz CT molecular complexity index is 529. The molecule has 5 heteroatoms. The van der Waals surface area contributed by atoms with Gasteiger partial charge >= 0.3 is 0 Å². The Morgan fingerprint density at radius 3 is 2.33 bits per heavy atom. The van der Waals surface area contributed by atoms with Crippen LogP contribution in [0.15, 0.2) is 24.3 Å². The lowest BCUT2D eigenvalue weighted by Crippen LogP contribution is -2.28. The van der Waals surface area contributed by atoms with Gasteiger partial charge in [-0.2, -0.15) is 5.26 Å². The second-order valence-corrected chi connectivity index (χ2v) is 6.78. The Kier molecular flexibility index (Phi) is 4.88. The molecule has 98 valence electrons. The Morgan fingerprint density at radius 2 is 1.89 bits per heavy atom. The highest BCUT2D eigenvalue weighted by Crippen LogP contribution is 2.18. The summed E-state index contributed by atoms with van der Waals surface area (Å²) in [5.41, 5.74) is 1.70. The van der Waals surface area contributed by atoms with Gasteiger partial charge in [0.15, 0.2) is 0 Å². The van der Waals surface area contributed by atoms with Crippen LogP contribution in [0.25, 0.3) is 0 Å². The second kappa shape index (κ2) is 5.98. The Labute approximate surface area is 109 Å². The lowest BCUT2D eigenvalue weighted by Gasteiger charge is -2.24. The van der Waals surface area contributed by atoms with Crippen LogP contribution in [0.4, 0.5) is 0 Å². The summed E-state index contributed by atoms with van der Waals surface area (Å²) in [5.74, 6) is 0.157. The third-order valence-corrected chi connectivity index (χ3v) is 3.92. The van der Waals surface area contributed by atoms with E-state index in [1.54, 1.807) is 12.1 Å². The normalized spacial score (nSPS) is 13.3. The van der Waals surface area contributed by atoms with E-state index in [2.05, 4.69) is 6.07 Å². The number of sulfone groups is 1. The third kappa shape index (κ3) is 4.47. The molecule has 0 saturated carbocycles. The molecule has 0 heterocycles. The first-order valence-electron chi connectivity index (χ1n) is 5.71. The maximum absolute atomic E-state index is 11.1. The molecular weight excluding hydrogens is 248 g/mol. The molecule has 0 aliphatic rings. The number of nitriles is 1. The van der Waals surface area contributed by atoms with E-state index in [1.807, 2.05) is 31.0 Å². The predicted molar refractivity (Wildman–Crippen MR) is 71.9 cm³/mol. The van der Waals surface area contributed by atoms with E-state index < -0.39 is 9.84 Å². The summed E-state index contributed by atoms with van der Waals surface area (Å²) in [6, 6.07) is 9.55. The quantitative estimate of drug-likeness (QED) is 0.812. The summed E-state index contributed by atoms with van der Waals surface area (Å²) in [6.45, 7) is 2.52. The van der Waals surface area contributed by atoms with E-state index in [0.29, 0.717) is 12.1 Å². The van der Waals surface area contributed by atoms with Crippen LogP contribution in [0.5, 0.6) is 0 Å². The van der Waals surface area contributed by atoms with Crippen LogP contribution in [-0.4, -0.2) is 38.9 Å². The van der Waals surface area contributed by atoms with Crippen molar-refractivity contribution in [3.05, 3.63) is 35.4 Å². The number of nitrogens with zero attached hydrogens (tertiary/aromatic N) is 2. The maximum Gasteiger partial charge on any atom is 0.148 e. The smallest absolute Gasteiger partial charge is 0.148 e. The SMILES string of the molecule is CC(c1ccc(C#N)cc1)N(C)CCS(C)(=O)=O. The van der Waals surface area contributed by atoms with Crippen molar-refractivity contribution in [2.75, 3.05) is 25.6 Å². The molecule has 0 bridgehead atoms. The van der Waals surface area contributed by atoms with Gasteiger partial charge in [-0.25, -0.2) is 8.42 Å². The van der Waals surface area contributed by atoms with Gasteiger partial charge in [-0.05, 0) is 31.7 Å². The summed E-state index contributed by atoms with van der Waals surface area (Å²) in [5, 5.41) is 8.72. The van der Waals surface area contributed by atoms with Crippen molar-refractivity contribution < 1.29 is 8.42 Å². The molecule has 0 aromatic heterocycles. The van der Waals surface area contributed by atoms with Gasteiger partial charge in [0.2, 0.25) is 0 Å². The van der Waals surface area contributed by atoms with Crippen LogP contribution in [0, 0.1) is 11.3 Å². The number of rotatable bonds is 5. The molecule has 0 fully saturated rings. The van der Waals surface area contributed by atoms with Gasteiger partial charge in [-0.1, -0.05) is 12.1 Å². The predicted octanol–water partition coefficient (Wildman–Crippen LogP) is 1.60. The van der Waals surface area contributed by atoms with Crippen molar-refractivity contribution in [3.63, 3.8) is 0 Å². The summed E-state index contributed by atoms with van der Waals surface area (Å²) in [6.07, 6.45) is 1.24. The molecule has 0 N–H and O–H groups in total. The van der Waals surface area contributed by atoms with E-state index in [4.69, 9.17) is 5.26 Å². The monoisotopic (exact) mass is 266 g/mol. The second-order valence-electron chi connectivity index (χ2n) is 4.52.